The molecule has 1 heterocycles. The van der Waals surface area contributed by atoms with E-state index in [4.69, 9.17) is 9.90 Å². The molecule has 25 heavy (non-hydrogen) atoms. The number of carboxylic acid groups (broad SMARTS) is 2. The average Bonchev–Trinajstić information content (AvgIpc) is 2.58. The first kappa shape index (κ1) is 20.2. The molecule has 0 bridgehead atoms. The van der Waals surface area contributed by atoms with E-state index in [0.29, 0.717) is 24.1 Å². The number of rotatable bonds is 6. The van der Waals surface area contributed by atoms with Gasteiger partial charge in [0.15, 0.2) is 0 Å². The molecule has 7 heteroatoms. The number of hydrogen-bond acceptors (Lipinski definition) is 4. The molecule has 2 rings (SSSR count). The summed E-state index contributed by atoms with van der Waals surface area (Å²) in [4.78, 5) is 25.9. The second-order valence-electron chi connectivity index (χ2n) is 5.41. The number of carbonyl (C=O) groups is 2. The van der Waals surface area contributed by atoms with Gasteiger partial charge >= 0.3 is 5.97 Å². The average molecular weight is 348 g/mol. The lowest BCUT2D eigenvalue weighted by molar-refractivity contribution is -0.143. The third-order valence-electron chi connectivity index (χ3n) is 3.62. The van der Waals surface area contributed by atoms with Crippen LogP contribution in [0.3, 0.4) is 0 Å². The zero-order chi connectivity index (χ0) is 18.8. The second-order valence-corrected chi connectivity index (χ2v) is 5.41. The molecule has 134 valence electrons. The summed E-state index contributed by atoms with van der Waals surface area (Å²) < 4.78 is 13.4. The van der Waals surface area contributed by atoms with E-state index in [1.54, 1.807) is 31.1 Å². The van der Waals surface area contributed by atoms with Crippen molar-refractivity contribution in [2.24, 2.45) is 0 Å². The zero-order valence-electron chi connectivity index (χ0n) is 14.1. The van der Waals surface area contributed by atoms with Gasteiger partial charge in [0.05, 0.1) is 0 Å². The summed E-state index contributed by atoms with van der Waals surface area (Å²) in [5, 5.41) is 16.4. The summed E-state index contributed by atoms with van der Waals surface area (Å²) in [6.45, 7) is 1.93. The number of benzene rings is 1. The standard InChI is InChI=1S/C17H19FN2O2.CH2O2/c1-12-11-13(6-7-15(12)18)16(17(21)22)20(2)10-8-14-5-3-4-9-19-14;2-1-3/h3-7,9,11,16H,8,10H2,1-2H3,(H,21,22);1H,(H,2,3). The van der Waals surface area contributed by atoms with E-state index in [0.717, 1.165) is 5.69 Å². The van der Waals surface area contributed by atoms with Crippen LogP contribution >= 0.6 is 0 Å². The van der Waals surface area contributed by atoms with Gasteiger partial charge in [-0.15, -0.1) is 0 Å². The van der Waals surface area contributed by atoms with Gasteiger partial charge in [-0.2, -0.15) is 0 Å². The molecule has 0 spiro atoms. The summed E-state index contributed by atoms with van der Waals surface area (Å²) in [6, 6.07) is 9.28. The van der Waals surface area contributed by atoms with Crippen molar-refractivity contribution in [1.82, 2.24) is 9.88 Å². The Bertz CT molecular complexity index is 695. The van der Waals surface area contributed by atoms with Crippen molar-refractivity contribution in [3.63, 3.8) is 0 Å². The SMILES string of the molecule is Cc1cc(C(C(=O)O)N(C)CCc2ccccn2)ccc1F.O=CO. The molecular weight excluding hydrogens is 327 g/mol. The molecular formula is C18H21FN2O4. The maximum atomic E-state index is 13.4. The highest BCUT2D eigenvalue weighted by atomic mass is 19.1. The van der Waals surface area contributed by atoms with E-state index in [-0.39, 0.29) is 12.3 Å². The van der Waals surface area contributed by atoms with E-state index in [1.165, 1.54) is 12.1 Å². The van der Waals surface area contributed by atoms with Crippen LogP contribution in [0.1, 0.15) is 22.9 Å². The number of pyridine rings is 1. The molecule has 2 aromatic rings. The molecule has 0 fully saturated rings. The Morgan fingerprint density at radius 3 is 2.56 bits per heavy atom. The van der Waals surface area contributed by atoms with Crippen molar-refractivity contribution in [3.05, 3.63) is 65.2 Å². The molecule has 1 aromatic heterocycles. The lowest BCUT2D eigenvalue weighted by Gasteiger charge is -2.25. The summed E-state index contributed by atoms with van der Waals surface area (Å²) in [5.74, 6) is -1.28. The number of aliphatic carboxylic acids is 1. The van der Waals surface area contributed by atoms with Gasteiger partial charge in [0.1, 0.15) is 11.9 Å². The molecule has 6 nitrogen and oxygen atoms in total. The van der Waals surface area contributed by atoms with Gasteiger partial charge in [0, 0.05) is 24.9 Å². The number of nitrogens with zero attached hydrogens (tertiary/aromatic N) is 2. The number of carboxylic acids is 1. The summed E-state index contributed by atoms with van der Waals surface area (Å²) >= 11 is 0. The normalized spacial score (nSPS) is 11.4. The van der Waals surface area contributed by atoms with Crippen molar-refractivity contribution >= 4 is 12.4 Å². The maximum absolute atomic E-state index is 13.4. The largest absolute Gasteiger partial charge is 0.483 e. The first-order chi connectivity index (χ1) is 11.9. The minimum Gasteiger partial charge on any atom is -0.483 e. The minimum atomic E-state index is -0.950. The van der Waals surface area contributed by atoms with Crippen LogP contribution in [0.25, 0.3) is 0 Å². The highest BCUT2D eigenvalue weighted by molar-refractivity contribution is 5.75. The van der Waals surface area contributed by atoms with Crippen LogP contribution in [0, 0.1) is 12.7 Å². The lowest BCUT2D eigenvalue weighted by Crippen LogP contribution is -2.32. The molecule has 0 amide bonds. The fourth-order valence-corrected chi connectivity index (χ4v) is 2.39. The van der Waals surface area contributed by atoms with Crippen molar-refractivity contribution in [2.75, 3.05) is 13.6 Å². The van der Waals surface area contributed by atoms with Gasteiger partial charge < -0.3 is 10.2 Å². The van der Waals surface area contributed by atoms with E-state index in [9.17, 15) is 14.3 Å². The molecule has 0 aliphatic rings. The fourth-order valence-electron chi connectivity index (χ4n) is 2.39. The maximum Gasteiger partial charge on any atom is 0.325 e. The van der Waals surface area contributed by atoms with Crippen molar-refractivity contribution in [2.45, 2.75) is 19.4 Å². The Balaban J connectivity index is 0.000000970. The fraction of sp³-hybridized carbons (Fsp3) is 0.278. The van der Waals surface area contributed by atoms with Gasteiger partial charge in [0.25, 0.3) is 6.47 Å². The summed E-state index contributed by atoms with van der Waals surface area (Å²) in [7, 11) is 1.75. The topological polar surface area (TPSA) is 90.7 Å². The lowest BCUT2D eigenvalue weighted by atomic mass is 10.0. The van der Waals surface area contributed by atoms with Gasteiger partial charge in [-0.3, -0.25) is 19.5 Å². The Kier molecular flexibility index (Phi) is 8.22. The van der Waals surface area contributed by atoms with Crippen molar-refractivity contribution < 1.29 is 24.2 Å². The van der Waals surface area contributed by atoms with Crippen molar-refractivity contribution in [1.29, 1.82) is 0 Å². The van der Waals surface area contributed by atoms with Crippen LogP contribution in [0.2, 0.25) is 0 Å². The first-order valence-corrected chi connectivity index (χ1v) is 7.57. The molecule has 0 aliphatic carbocycles. The number of likely N-dealkylation sites (N-methyl/N-ethyl adjacent to an activating group) is 1. The zero-order valence-corrected chi connectivity index (χ0v) is 14.1. The van der Waals surface area contributed by atoms with Crippen LogP contribution in [-0.4, -0.2) is 46.1 Å². The second kappa shape index (κ2) is 10.1. The Morgan fingerprint density at radius 2 is 2.04 bits per heavy atom. The van der Waals surface area contributed by atoms with Gasteiger partial charge in [-0.1, -0.05) is 18.2 Å². The molecule has 1 unspecified atom stereocenters. The van der Waals surface area contributed by atoms with Crippen LogP contribution < -0.4 is 0 Å². The molecule has 1 atom stereocenters. The quantitative estimate of drug-likeness (QED) is 0.780. The smallest absolute Gasteiger partial charge is 0.325 e. The van der Waals surface area contributed by atoms with Crippen LogP contribution in [0.15, 0.2) is 42.6 Å². The van der Waals surface area contributed by atoms with Crippen molar-refractivity contribution in [3.8, 4) is 0 Å². The molecule has 0 saturated carbocycles. The van der Waals surface area contributed by atoms with Gasteiger partial charge in [-0.05, 0) is 43.3 Å². The molecule has 2 N–H and O–H groups in total. The predicted octanol–water partition coefficient (Wildman–Crippen LogP) is 2.53. The number of hydrogen-bond donors (Lipinski definition) is 2. The third-order valence-corrected chi connectivity index (χ3v) is 3.62. The molecule has 0 radical (unpaired) electrons. The monoisotopic (exact) mass is 348 g/mol. The van der Waals surface area contributed by atoms with E-state index >= 15 is 0 Å². The molecule has 1 aromatic carbocycles. The highest BCUT2D eigenvalue weighted by Gasteiger charge is 2.25. The van der Waals surface area contributed by atoms with Gasteiger partial charge in [0.2, 0.25) is 0 Å². The first-order valence-electron chi connectivity index (χ1n) is 7.57. The van der Waals surface area contributed by atoms with Gasteiger partial charge in [-0.25, -0.2) is 4.39 Å². The Labute approximate surface area is 145 Å². The number of aromatic nitrogens is 1. The summed E-state index contributed by atoms with van der Waals surface area (Å²) in [6.07, 6.45) is 2.37. The Morgan fingerprint density at radius 1 is 1.36 bits per heavy atom. The number of halogens is 1. The van der Waals surface area contributed by atoms with Crippen LogP contribution in [-0.2, 0) is 16.0 Å². The number of aryl methyl sites for hydroxylation is 1. The molecule has 0 saturated heterocycles. The minimum absolute atomic E-state index is 0.250. The predicted molar refractivity (Wildman–Crippen MR) is 90.8 cm³/mol. The molecule has 0 aliphatic heterocycles. The Hall–Kier alpha value is -2.80. The third kappa shape index (κ3) is 6.31. The van der Waals surface area contributed by atoms with E-state index in [2.05, 4.69) is 4.98 Å². The highest BCUT2D eigenvalue weighted by Crippen LogP contribution is 2.22. The van der Waals surface area contributed by atoms with Crippen LogP contribution in [0.5, 0.6) is 0 Å². The van der Waals surface area contributed by atoms with E-state index < -0.39 is 12.0 Å². The summed E-state index contributed by atoms with van der Waals surface area (Å²) in [5.41, 5.74) is 1.94. The van der Waals surface area contributed by atoms with E-state index in [1.807, 2.05) is 18.2 Å². The van der Waals surface area contributed by atoms with Crippen LogP contribution in [0.4, 0.5) is 4.39 Å².